The molecule has 2 amide bonds. The van der Waals surface area contributed by atoms with Crippen molar-refractivity contribution in [3.63, 3.8) is 0 Å². The molecular weight excluding hydrogens is 562 g/mol. The van der Waals surface area contributed by atoms with Crippen molar-refractivity contribution in [3.8, 4) is 0 Å². The van der Waals surface area contributed by atoms with Crippen molar-refractivity contribution in [2.45, 2.75) is 24.8 Å². The summed E-state index contributed by atoms with van der Waals surface area (Å²) in [6.45, 7) is 3.48. The standard InChI is InChI=1S/C31H31BrClN3O2/c1-34-30(37)28-4-2-3-23(29(28)32)8-5-21-6-9-24(10-7-21)31(38)36-18-17-35-19-25(13-16-27(35)20-36)22-11-14-26(33)15-12-22/h2-12,14-15,25,27H,13,16-20H2,1H3,(H,34,37)/b8-5+/t25-,27+/m1/s1. The third-order valence-electron chi connectivity index (χ3n) is 7.65. The summed E-state index contributed by atoms with van der Waals surface area (Å²) in [6, 6.07) is 22.0. The van der Waals surface area contributed by atoms with Gasteiger partial charge in [-0.05, 0) is 81.7 Å². The smallest absolute Gasteiger partial charge is 0.253 e. The summed E-state index contributed by atoms with van der Waals surface area (Å²) in [5.74, 6) is 0.490. The zero-order chi connectivity index (χ0) is 26.6. The predicted molar refractivity (Wildman–Crippen MR) is 158 cm³/mol. The molecule has 2 saturated heterocycles. The van der Waals surface area contributed by atoms with Crippen molar-refractivity contribution >= 4 is 51.5 Å². The number of nitrogens with one attached hydrogen (secondary N) is 1. The minimum absolute atomic E-state index is 0.0982. The fourth-order valence-corrected chi connectivity index (χ4v) is 6.16. The molecule has 196 valence electrons. The number of halogens is 2. The topological polar surface area (TPSA) is 52.7 Å². The van der Waals surface area contributed by atoms with E-state index >= 15 is 0 Å². The lowest BCUT2D eigenvalue weighted by atomic mass is 9.86. The molecule has 2 aliphatic heterocycles. The Morgan fingerprint density at radius 3 is 2.45 bits per heavy atom. The Kier molecular flexibility index (Phi) is 8.32. The van der Waals surface area contributed by atoms with Crippen molar-refractivity contribution in [3.05, 3.63) is 104 Å². The monoisotopic (exact) mass is 591 g/mol. The fourth-order valence-electron chi connectivity index (χ4n) is 5.46. The molecule has 0 radical (unpaired) electrons. The van der Waals surface area contributed by atoms with Crippen LogP contribution in [0.4, 0.5) is 0 Å². The van der Waals surface area contributed by atoms with Gasteiger partial charge in [-0.25, -0.2) is 0 Å². The summed E-state index contributed by atoms with van der Waals surface area (Å²) in [6.07, 6.45) is 6.18. The van der Waals surface area contributed by atoms with Gasteiger partial charge >= 0.3 is 0 Å². The number of carbonyl (C=O) groups excluding carboxylic acids is 2. The van der Waals surface area contributed by atoms with E-state index in [9.17, 15) is 9.59 Å². The highest BCUT2D eigenvalue weighted by Gasteiger charge is 2.35. The number of carbonyl (C=O) groups is 2. The number of hydrogen-bond acceptors (Lipinski definition) is 3. The maximum atomic E-state index is 13.3. The molecule has 7 heteroatoms. The largest absolute Gasteiger partial charge is 0.355 e. The SMILES string of the molecule is CNC(=O)c1cccc(/C=C/c2ccc(C(=O)N3CCN4C[C@H](c5ccc(Cl)cc5)CC[C@H]4C3)cc2)c1Br. The lowest BCUT2D eigenvalue weighted by Gasteiger charge is -2.46. The maximum Gasteiger partial charge on any atom is 0.253 e. The van der Waals surface area contributed by atoms with Crippen LogP contribution in [0.2, 0.25) is 5.02 Å². The first kappa shape index (κ1) is 26.7. The molecule has 0 bridgehead atoms. The van der Waals surface area contributed by atoms with Crippen molar-refractivity contribution in [1.29, 1.82) is 0 Å². The van der Waals surface area contributed by atoms with Crippen LogP contribution in [-0.4, -0.2) is 60.9 Å². The molecule has 2 aliphatic rings. The number of rotatable bonds is 5. The summed E-state index contributed by atoms with van der Waals surface area (Å²) in [4.78, 5) is 29.9. The zero-order valence-corrected chi connectivity index (χ0v) is 23.7. The average molecular weight is 593 g/mol. The van der Waals surface area contributed by atoms with E-state index in [1.165, 1.54) is 5.56 Å². The van der Waals surface area contributed by atoms with E-state index in [1.54, 1.807) is 13.1 Å². The van der Waals surface area contributed by atoms with E-state index in [-0.39, 0.29) is 11.8 Å². The van der Waals surface area contributed by atoms with Gasteiger partial charge in [-0.3, -0.25) is 14.5 Å². The third-order valence-corrected chi connectivity index (χ3v) is 8.79. The van der Waals surface area contributed by atoms with Crippen molar-refractivity contribution in [2.75, 3.05) is 33.2 Å². The van der Waals surface area contributed by atoms with Crippen LogP contribution < -0.4 is 5.32 Å². The van der Waals surface area contributed by atoms with Crippen LogP contribution in [0.3, 0.4) is 0 Å². The Hall–Kier alpha value is -2.93. The second-order valence-electron chi connectivity index (χ2n) is 9.97. The Morgan fingerprint density at radius 1 is 0.947 bits per heavy atom. The van der Waals surface area contributed by atoms with Gasteiger partial charge in [0.15, 0.2) is 0 Å². The maximum absolute atomic E-state index is 13.3. The van der Waals surface area contributed by atoms with Crippen LogP contribution in [-0.2, 0) is 0 Å². The Morgan fingerprint density at radius 2 is 1.71 bits per heavy atom. The first-order chi connectivity index (χ1) is 18.4. The molecule has 0 aliphatic carbocycles. The number of piperazine rings is 1. The predicted octanol–water partition coefficient (Wildman–Crippen LogP) is 6.34. The van der Waals surface area contributed by atoms with Crippen LogP contribution >= 0.6 is 27.5 Å². The number of fused-ring (bicyclic) bond motifs is 1. The van der Waals surface area contributed by atoms with Crippen molar-refractivity contribution < 1.29 is 9.59 Å². The molecule has 0 unspecified atom stereocenters. The van der Waals surface area contributed by atoms with E-state index in [1.807, 2.05) is 65.6 Å². The average Bonchev–Trinajstić information content (AvgIpc) is 2.96. The molecule has 0 spiro atoms. The van der Waals surface area contributed by atoms with Crippen LogP contribution in [0.1, 0.15) is 56.2 Å². The highest BCUT2D eigenvalue weighted by atomic mass is 79.9. The molecule has 2 heterocycles. The molecule has 0 aromatic heterocycles. The van der Waals surface area contributed by atoms with Crippen LogP contribution in [0.15, 0.2) is 71.2 Å². The molecule has 0 saturated carbocycles. The molecule has 2 fully saturated rings. The lowest BCUT2D eigenvalue weighted by Crippen LogP contribution is -2.57. The summed E-state index contributed by atoms with van der Waals surface area (Å²) >= 11 is 9.61. The second kappa shape index (κ2) is 11.9. The molecule has 2 atom stereocenters. The van der Waals surface area contributed by atoms with Crippen LogP contribution in [0.5, 0.6) is 0 Å². The number of benzene rings is 3. The number of piperidine rings is 1. The van der Waals surface area contributed by atoms with E-state index < -0.39 is 0 Å². The van der Waals surface area contributed by atoms with Crippen molar-refractivity contribution in [1.82, 2.24) is 15.1 Å². The molecule has 5 nitrogen and oxygen atoms in total. The highest BCUT2D eigenvalue weighted by Crippen LogP contribution is 2.32. The molecule has 38 heavy (non-hydrogen) atoms. The molecule has 3 aromatic rings. The van der Waals surface area contributed by atoms with E-state index in [0.29, 0.717) is 23.1 Å². The van der Waals surface area contributed by atoms with Gasteiger partial charge in [0.2, 0.25) is 0 Å². The van der Waals surface area contributed by atoms with Crippen LogP contribution in [0.25, 0.3) is 12.2 Å². The Labute approximate surface area is 237 Å². The lowest BCUT2D eigenvalue weighted by molar-refractivity contribution is 0.0329. The van der Waals surface area contributed by atoms with Gasteiger partial charge in [-0.1, -0.05) is 60.2 Å². The number of amides is 2. The van der Waals surface area contributed by atoms with Gasteiger partial charge in [-0.2, -0.15) is 0 Å². The normalized spacial score (nSPS) is 19.8. The Balaban J connectivity index is 1.19. The van der Waals surface area contributed by atoms with Gasteiger partial charge in [-0.15, -0.1) is 0 Å². The summed E-state index contributed by atoms with van der Waals surface area (Å²) in [5.41, 5.74) is 4.56. The summed E-state index contributed by atoms with van der Waals surface area (Å²) < 4.78 is 0.753. The van der Waals surface area contributed by atoms with Crippen molar-refractivity contribution in [2.24, 2.45) is 0 Å². The summed E-state index contributed by atoms with van der Waals surface area (Å²) in [5, 5.41) is 3.43. The van der Waals surface area contributed by atoms with E-state index in [0.717, 1.165) is 59.6 Å². The van der Waals surface area contributed by atoms with Gasteiger partial charge < -0.3 is 10.2 Å². The van der Waals surface area contributed by atoms with Gasteiger partial charge in [0.1, 0.15) is 0 Å². The van der Waals surface area contributed by atoms with E-state index in [4.69, 9.17) is 11.6 Å². The zero-order valence-electron chi connectivity index (χ0n) is 21.4. The Bertz CT molecular complexity index is 1340. The first-order valence-corrected chi connectivity index (χ1v) is 14.2. The highest BCUT2D eigenvalue weighted by molar-refractivity contribution is 9.10. The first-order valence-electron chi connectivity index (χ1n) is 13.0. The fraction of sp³-hybridized carbons (Fsp3) is 0.290. The minimum atomic E-state index is -0.134. The van der Waals surface area contributed by atoms with Gasteiger partial charge in [0.25, 0.3) is 11.8 Å². The molecule has 1 N–H and O–H groups in total. The minimum Gasteiger partial charge on any atom is -0.355 e. The number of hydrogen-bond donors (Lipinski definition) is 1. The quantitative estimate of drug-likeness (QED) is 0.352. The van der Waals surface area contributed by atoms with Crippen LogP contribution in [0, 0.1) is 0 Å². The van der Waals surface area contributed by atoms with Gasteiger partial charge in [0, 0.05) is 54.3 Å². The van der Waals surface area contributed by atoms with Gasteiger partial charge in [0.05, 0.1) is 5.56 Å². The second-order valence-corrected chi connectivity index (χ2v) is 11.2. The number of nitrogens with zero attached hydrogens (tertiary/aromatic N) is 2. The third kappa shape index (κ3) is 5.88. The molecule has 5 rings (SSSR count). The summed E-state index contributed by atoms with van der Waals surface area (Å²) in [7, 11) is 1.62. The van der Waals surface area contributed by atoms with E-state index in [2.05, 4.69) is 38.3 Å². The molecule has 3 aromatic carbocycles. The molecular formula is C31H31BrClN3O2.